The van der Waals surface area contributed by atoms with Crippen LogP contribution in [0.2, 0.25) is 0 Å². The van der Waals surface area contributed by atoms with Crippen molar-refractivity contribution < 1.29 is 9.53 Å². The molecule has 0 bridgehead atoms. The first-order valence-corrected chi connectivity index (χ1v) is 6.14. The number of carbonyl (C=O) groups is 1. The third-order valence-electron chi connectivity index (χ3n) is 2.04. The van der Waals surface area contributed by atoms with Crippen LogP contribution in [0.1, 0.15) is 33.1 Å². The van der Waals surface area contributed by atoms with E-state index < -0.39 is 0 Å². The van der Waals surface area contributed by atoms with Crippen LogP contribution in [-0.2, 0) is 9.53 Å². The first-order valence-electron chi connectivity index (χ1n) is 5.61. The third-order valence-corrected chi connectivity index (χ3v) is 2.57. The van der Waals surface area contributed by atoms with E-state index in [0.29, 0.717) is 18.4 Å². The predicted molar refractivity (Wildman–Crippen MR) is 63.2 cm³/mol. The summed E-state index contributed by atoms with van der Waals surface area (Å²) in [6.45, 7) is 5.68. The number of amides is 1. The molecular weight excluding hydrogens is 214 g/mol. The molecule has 0 spiro atoms. The Labute approximate surface area is 97.5 Å². The lowest BCUT2D eigenvalue weighted by Gasteiger charge is -2.08. The van der Waals surface area contributed by atoms with E-state index in [1.54, 1.807) is 0 Å². The first-order chi connectivity index (χ1) is 7.20. The number of nitrogens with one attached hydrogen (secondary N) is 1. The molecule has 3 nitrogen and oxygen atoms in total. The van der Waals surface area contributed by atoms with Gasteiger partial charge in [-0.05, 0) is 25.2 Å². The lowest BCUT2D eigenvalue weighted by Crippen LogP contribution is -2.28. The van der Waals surface area contributed by atoms with Gasteiger partial charge in [0, 0.05) is 19.0 Å². The van der Waals surface area contributed by atoms with Gasteiger partial charge in [0.1, 0.15) is 6.61 Å². The summed E-state index contributed by atoms with van der Waals surface area (Å²) in [6, 6.07) is 0. The van der Waals surface area contributed by atoms with E-state index in [4.69, 9.17) is 16.3 Å². The van der Waals surface area contributed by atoms with E-state index >= 15 is 0 Å². The summed E-state index contributed by atoms with van der Waals surface area (Å²) in [5.74, 6) is 1.19. The lowest BCUT2D eigenvalue weighted by molar-refractivity contribution is -0.125. The van der Waals surface area contributed by atoms with Gasteiger partial charge < -0.3 is 10.1 Å². The average Bonchev–Trinajstić information content (AvgIpc) is 2.24. The summed E-state index contributed by atoms with van der Waals surface area (Å²) in [4.78, 5) is 11.2. The van der Waals surface area contributed by atoms with Gasteiger partial charge >= 0.3 is 0 Å². The van der Waals surface area contributed by atoms with Gasteiger partial charge in [-0.15, -0.1) is 11.6 Å². The van der Waals surface area contributed by atoms with Crippen molar-refractivity contribution in [3.63, 3.8) is 0 Å². The molecule has 0 aromatic rings. The van der Waals surface area contributed by atoms with Crippen LogP contribution in [0.3, 0.4) is 0 Å². The summed E-state index contributed by atoms with van der Waals surface area (Å²) in [6.07, 6.45) is 2.98. The quantitative estimate of drug-likeness (QED) is 0.492. The average molecular weight is 236 g/mol. The van der Waals surface area contributed by atoms with Crippen LogP contribution in [0.25, 0.3) is 0 Å². The maximum atomic E-state index is 11.2. The second kappa shape index (κ2) is 10.2. The Balaban J connectivity index is 3.23. The molecule has 0 rings (SSSR count). The topological polar surface area (TPSA) is 38.3 Å². The Kier molecular flexibility index (Phi) is 10.1. The molecule has 0 aliphatic carbocycles. The smallest absolute Gasteiger partial charge is 0.245 e. The molecule has 4 heteroatoms. The predicted octanol–water partition coefficient (Wildman–Crippen LogP) is 2.18. The van der Waals surface area contributed by atoms with Crippen molar-refractivity contribution >= 4 is 17.5 Å². The summed E-state index contributed by atoms with van der Waals surface area (Å²) in [7, 11) is 0. The molecule has 0 saturated heterocycles. The zero-order valence-electron chi connectivity index (χ0n) is 9.72. The molecular formula is C11H22ClNO2. The fourth-order valence-electron chi connectivity index (χ4n) is 1.12. The van der Waals surface area contributed by atoms with Crippen LogP contribution in [0.5, 0.6) is 0 Å². The first kappa shape index (κ1) is 14.7. The number of hydrogen-bond acceptors (Lipinski definition) is 2. The van der Waals surface area contributed by atoms with Gasteiger partial charge in [-0.2, -0.15) is 0 Å². The van der Waals surface area contributed by atoms with E-state index in [0.717, 1.165) is 25.8 Å². The van der Waals surface area contributed by atoms with Gasteiger partial charge in [0.25, 0.3) is 0 Å². The largest absolute Gasteiger partial charge is 0.372 e. The second-order valence-electron chi connectivity index (χ2n) is 3.80. The van der Waals surface area contributed by atoms with Crippen molar-refractivity contribution in [3.8, 4) is 0 Å². The highest BCUT2D eigenvalue weighted by Gasteiger charge is 2.02. The standard InChI is InChI=1S/C11H22ClNO2/c1-3-7-15-9-11(14)13-6-4-5-10(2)8-12/h10H,3-9H2,1-2H3,(H,13,14). The van der Waals surface area contributed by atoms with E-state index in [1.165, 1.54) is 0 Å². The SMILES string of the molecule is CCCOCC(=O)NCCCC(C)CCl. The van der Waals surface area contributed by atoms with Crippen LogP contribution in [-0.4, -0.2) is 31.5 Å². The van der Waals surface area contributed by atoms with Crippen LogP contribution in [0, 0.1) is 5.92 Å². The van der Waals surface area contributed by atoms with Gasteiger partial charge in [-0.3, -0.25) is 4.79 Å². The Bertz CT molecular complexity index is 165. The highest BCUT2D eigenvalue weighted by Crippen LogP contribution is 2.05. The van der Waals surface area contributed by atoms with Gasteiger partial charge in [-0.25, -0.2) is 0 Å². The van der Waals surface area contributed by atoms with Crippen molar-refractivity contribution in [2.24, 2.45) is 5.92 Å². The van der Waals surface area contributed by atoms with E-state index in [-0.39, 0.29) is 12.5 Å². The highest BCUT2D eigenvalue weighted by atomic mass is 35.5. The minimum atomic E-state index is -0.0259. The minimum Gasteiger partial charge on any atom is -0.372 e. The summed E-state index contributed by atoms with van der Waals surface area (Å²) < 4.78 is 5.11. The number of halogens is 1. The molecule has 0 aliphatic rings. The molecule has 15 heavy (non-hydrogen) atoms. The molecule has 0 heterocycles. The molecule has 0 aliphatic heterocycles. The number of ether oxygens (including phenoxy) is 1. The van der Waals surface area contributed by atoms with Crippen molar-refractivity contribution in [2.75, 3.05) is 25.6 Å². The molecule has 0 aromatic carbocycles. The van der Waals surface area contributed by atoms with Crippen molar-refractivity contribution in [1.29, 1.82) is 0 Å². The Morgan fingerprint density at radius 3 is 2.87 bits per heavy atom. The molecule has 0 radical (unpaired) electrons. The third kappa shape index (κ3) is 10.0. The van der Waals surface area contributed by atoms with Crippen LogP contribution in [0.4, 0.5) is 0 Å². The minimum absolute atomic E-state index is 0.0259. The molecule has 0 saturated carbocycles. The molecule has 0 fully saturated rings. The van der Waals surface area contributed by atoms with Gasteiger partial charge in [0.05, 0.1) is 0 Å². The zero-order valence-corrected chi connectivity index (χ0v) is 10.5. The number of rotatable bonds is 9. The number of carbonyl (C=O) groups excluding carboxylic acids is 1. The van der Waals surface area contributed by atoms with Crippen molar-refractivity contribution in [3.05, 3.63) is 0 Å². The maximum Gasteiger partial charge on any atom is 0.245 e. The fourth-order valence-corrected chi connectivity index (χ4v) is 1.27. The normalized spacial score (nSPS) is 12.5. The molecule has 90 valence electrons. The van der Waals surface area contributed by atoms with E-state index in [9.17, 15) is 4.79 Å². The van der Waals surface area contributed by atoms with Gasteiger partial charge in [-0.1, -0.05) is 13.8 Å². The zero-order chi connectivity index (χ0) is 11.5. The Hall–Kier alpha value is -0.280. The van der Waals surface area contributed by atoms with Gasteiger partial charge in [0.15, 0.2) is 0 Å². The number of alkyl halides is 1. The molecule has 1 atom stereocenters. The van der Waals surface area contributed by atoms with E-state index in [1.807, 2.05) is 6.92 Å². The summed E-state index contributed by atoms with van der Waals surface area (Å²) in [5, 5.41) is 2.81. The van der Waals surface area contributed by atoms with Crippen LogP contribution in [0.15, 0.2) is 0 Å². The van der Waals surface area contributed by atoms with E-state index in [2.05, 4.69) is 12.2 Å². The van der Waals surface area contributed by atoms with Crippen LogP contribution >= 0.6 is 11.6 Å². The monoisotopic (exact) mass is 235 g/mol. The maximum absolute atomic E-state index is 11.2. The molecule has 1 unspecified atom stereocenters. The Morgan fingerprint density at radius 1 is 1.53 bits per heavy atom. The highest BCUT2D eigenvalue weighted by molar-refractivity contribution is 6.18. The molecule has 0 aromatic heterocycles. The number of hydrogen-bond donors (Lipinski definition) is 1. The van der Waals surface area contributed by atoms with Crippen molar-refractivity contribution in [2.45, 2.75) is 33.1 Å². The Morgan fingerprint density at radius 2 is 2.27 bits per heavy atom. The molecule has 1 amide bonds. The van der Waals surface area contributed by atoms with Crippen molar-refractivity contribution in [1.82, 2.24) is 5.32 Å². The lowest BCUT2D eigenvalue weighted by atomic mass is 10.1. The summed E-state index contributed by atoms with van der Waals surface area (Å²) in [5.41, 5.74) is 0. The summed E-state index contributed by atoms with van der Waals surface area (Å²) >= 11 is 5.67. The fraction of sp³-hybridized carbons (Fsp3) is 0.909. The second-order valence-corrected chi connectivity index (χ2v) is 4.11. The van der Waals surface area contributed by atoms with Gasteiger partial charge in [0.2, 0.25) is 5.91 Å². The van der Waals surface area contributed by atoms with Crippen LogP contribution < -0.4 is 5.32 Å². The molecule has 1 N–H and O–H groups in total.